The van der Waals surface area contributed by atoms with Crippen LogP contribution >= 0.6 is 11.6 Å². The number of amides is 1. The number of carbonyl (C=O) groups excluding carboxylic acids is 2. The van der Waals surface area contributed by atoms with Crippen LogP contribution in [0.5, 0.6) is 5.75 Å². The summed E-state index contributed by atoms with van der Waals surface area (Å²) in [5.74, 6) is 0.300. The zero-order valence-corrected chi connectivity index (χ0v) is 21.0. The minimum Gasteiger partial charge on any atom is -0.489 e. The fourth-order valence-corrected chi connectivity index (χ4v) is 4.69. The van der Waals surface area contributed by atoms with E-state index >= 15 is 0 Å². The van der Waals surface area contributed by atoms with Crippen molar-refractivity contribution in [2.45, 2.75) is 26.8 Å². The summed E-state index contributed by atoms with van der Waals surface area (Å²) in [5, 5.41) is 0.487. The van der Waals surface area contributed by atoms with Gasteiger partial charge in [-0.2, -0.15) is 0 Å². The van der Waals surface area contributed by atoms with Crippen molar-refractivity contribution >= 4 is 23.5 Å². The van der Waals surface area contributed by atoms with Gasteiger partial charge in [0, 0.05) is 53.7 Å². The highest BCUT2D eigenvalue weighted by Crippen LogP contribution is 2.35. The van der Waals surface area contributed by atoms with Gasteiger partial charge in [-0.3, -0.25) is 4.79 Å². The Morgan fingerprint density at radius 2 is 2.00 bits per heavy atom. The second-order valence-corrected chi connectivity index (χ2v) is 8.93. The lowest BCUT2D eigenvalue weighted by molar-refractivity contribution is 0.0525. The Hall–Kier alpha value is -3.51. The summed E-state index contributed by atoms with van der Waals surface area (Å²) >= 11 is 6.35. The maximum atomic E-state index is 13.8. The van der Waals surface area contributed by atoms with E-state index in [1.807, 2.05) is 47.8 Å². The molecule has 7 heteroatoms. The van der Waals surface area contributed by atoms with Crippen LogP contribution in [0.2, 0.25) is 5.02 Å². The van der Waals surface area contributed by atoms with E-state index in [2.05, 4.69) is 6.58 Å². The summed E-state index contributed by atoms with van der Waals surface area (Å²) in [5.41, 5.74) is 5.12. The number of rotatable bonds is 7. The predicted molar refractivity (Wildman–Crippen MR) is 137 cm³/mol. The van der Waals surface area contributed by atoms with E-state index in [9.17, 15) is 9.59 Å². The van der Waals surface area contributed by atoms with Gasteiger partial charge in [-0.25, -0.2) is 4.79 Å². The van der Waals surface area contributed by atoms with Crippen LogP contribution < -0.4 is 4.74 Å². The number of carbonyl (C=O) groups is 2. The van der Waals surface area contributed by atoms with Crippen molar-refractivity contribution in [2.75, 3.05) is 19.8 Å². The summed E-state index contributed by atoms with van der Waals surface area (Å²) in [7, 11) is 1.86. The highest BCUT2D eigenvalue weighted by Gasteiger charge is 2.28. The lowest BCUT2D eigenvalue weighted by Gasteiger charge is -2.30. The molecule has 0 bridgehead atoms. The molecule has 0 aliphatic carbocycles. The first-order valence-electron chi connectivity index (χ1n) is 11.6. The third-order valence-corrected chi connectivity index (χ3v) is 6.57. The molecule has 0 N–H and O–H groups in total. The Kier molecular flexibility index (Phi) is 7.31. The fraction of sp³-hybridized carbons (Fsp3) is 0.286. The number of benzene rings is 2. The SMILES string of the molecule is C=CCOc1cccc2c1CCN(C(=O)c1ccc(Cl)cc1-c1cn(C)c(C)c1C(=O)OCC)C2. The van der Waals surface area contributed by atoms with Crippen LogP contribution in [0.1, 0.15) is 44.5 Å². The molecule has 0 unspecified atom stereocenters. The molecular weight excluding hydrogens is 464 g/mol. The van der Waals surface area contributed by atoms with Crippen LogP contribution in [0.3, 0.4) is 0 Å². The molecule has 4 rings (SSSR count). The number of hydrogen-bond donors (Lipinski definition) is 0. The number of halogens is 1. The van der Waals surface area contributed by atoms with E-state index in [-0.39, 0.29) is 12.5 Å². The zero-order valence-electron chi connectivity index (χ0n) is 20.3. The average molecular weight is 493 g/mol. The van der Waals surface area contributed by atoms with Crippen LogP contribution in [-0.4, -0.2) is 41.1 Å². The van der Waals surface area contributed by atoms with Crippen molar-refractivity contribution < 1.29 is 19.1 Å². The van der Waals surface area contributed by atoms with Crippen molar-refractivity contribution in [3.8, 4) is 16.9 Å². The van der Waals surface area contributed by atoms with Gasteiger partial charge in [0.05, 0.1) is 12.2 Å². The summed E-state index contributed by atoms with van der Waals surface area (Å²) < 4.78 is 13.0. The van der Waals surface area contributed by atoms with Gasteiger partial charge in [-0.05, 0) is 55.7 Å². The Morgan fingerprint density at radius 1 is 1.20 bits per heavy atom. The molecule has 2 heterocycles. The molecule has 0 fully saturated rings. The zero-order chi connectivity index (χ0) is 25.1. The van der Waals surface area contributed by atoms with E-state index in [1.165, 1.54) is 0 Å². The second-order valence-electron chi connectivity index (χ2n) is 8.49. The Balaban J connectivity index is 1.71. The number of esters is 1. The largest absolute Gasteiger partial charge is 0.489 e. The van der Waals surface area contributed by atoms with Crippen molar-refractivity contribution in [3.63, 3.8) is 0 Å². The maximum Gasteiger partial charge on any atom is 0.340 e. The summed E-state index contributed by atoms with van der Waals surface area (Å²) in [6.07, 6.45) is 4.25. The highest BCUT2D eigenvalue weighted by atomic mass is 35.5. The molecular formula is C28H29ClN2O4. The van der Waals surface area contributed by atoms with Gasteiger partial charge < -0.3 is 18.9 Å². The molecule has 35 heavy (non-hydrogen) atoms. The lowest BCUT2D eigenvalue weighted by atomic mass is 9.95. The normalized spacial score (nSPS) is 12.7. The minimum atomic E-state index is -0.419. The molecule has 3 aromatic rings. The van der Waals surface area contributed by atoms with Crippen LogP contribution in [0.15, 0.2) is 55.3 Å². The number of hydrogen-bond acceptors (Lipinski definition) is 4. The van der Waals surface area contributed by atoms with Crippen LogP contribution in [0.4, 0.5) is 0 Å². The van der Waals surface area contributed by atoms with Gasteiger partial charge in [0.2, 0.25) is 0 Å². The third kappa shape index (κ3) is 4.84. The van der Waals surface area contributed by atoms with Crippen molar-refractivity contribution in [1.82, 2.24) is 9.47 Å². The van der Waals surface area contributed by atoms with Crippen LogP contribution in [0, 0.1) is 6.92 Å². The summed E-state index contributed by atoms with van der Waals surface area (Å²) in [4.78, 5) is 28.4. The van der Waals surface area contributed by atoms with E-state index in [0.717, 1.165) is 22.6 Å². The number of aryl methyl sites for hydroxylation is 1. The summed E-state index contributed by atoms with van der Waals surface area (Å²) in [6.45, 7) is 9.07. The van der Waals surface area contributed by atoms with Gasteiger partial charge >= 0.3 is 5.97 Å². The molecule has 1 aliphatic heterocycles. The first kappa shape index (κ1) is 24.6. The predicted octanol–water partition coefficient (Wildman–Crippen LogP) is 5.59. The van der Waals surface area contributed by atoms with Gasteiger partial charge in [0.25, 0.3) is 5.91 Å². The molecule has 1 amide bonds. The fourth-order valence-electron chi connectivity index (χ4n) is 4.52. The number of fused-ring (bicyclic) bond motifs is 1. The second kappa shape index (κ2) is 10.4. The Bertz CT molecular complexity index is 1290. The van der Waals surface area contributed by atoms with Crippen molar-refractivity contribution in [2.24, 2.45) is 7.05 Å². The van der Waals surface area contributed by atoms with Gasteiger partial charge in [-0.15, -0.1) is 0 Å². The molecule has 0 spiro atoms. The first-order valence-corrected chi connectivity index (χ1v) is 12.0. The molecule has 6 nitrogen and oxygen atoms in total. The molecule has 1 aliphatic rings. The standard InChI is InChI=1S/C28H29ClN2O4/c1-5-14-35-25-9-7-8-19-16-31(13-12-21(19)25)27(32)22-11-10-20(29)15-23(22)24-17-30(4)18(3)26(24)28(33)34-6-2/h5,7-11,15,17H,1,6,12-14,16H2,2-4H3. The quantitative estimate of drug-likeness (QED) is 0.318. The summed E-state index contributed by atoms with van der Waals surface area (Å²) in [6, 6.07) is 11.1. The lowest BCUT2D eigenvalue weighted by Crippen LogP contribution is -2.36. The smallest absolute Gasteiger partial charge is 0.340 e. The molecule has 0 saturated carbocycles. The molecule has 1 aromatic heterocycles. The minimum absolute atomic E-state index is 0.115. The number of nitrogens with zero attached hydrogens (tertiary/aromatic N) is 2. The van der Waals surface area contributed by atoms with Crippen LogP contribution in [0.25, 0.3) is 11.1 Å². The molecule has 0 atom stereocenters. The van der Waals surface area contributed by atoms with Crippen molar-refractivity contribution in [3.05, 3.63) is 88.2 Å². The van der Waals surface area contributed by atoms with Crippen molar-refractivity contribution in [1.29, 1.82) is 0 Å². The molecule has 0 radical (unpaired) electrons. The number of aromatic nitrogens is 1. The van der Waals surface area contributed by atoms with Crippen LogP contribution in [-0.2, 0) is 24.8 Å². The Morgan fingerprint density at radius 3 is 2.74 bits per heavy atom. The monoisotopic (exact) mass is 492 g/mol. The Labute approximate surface area is 210 Å². The van der Waals surface area contributed by atoms with E-state index in [4.69, 9.17) is 21.1 Å². The van der Waals surface area contributed by atoms with E-state index in [0.29, 0.717) is 53.4 Å². The molecule has 182 valence electrons. The molecule has 0 saturated heterocycles. The third-order valence-electron chi connectivity index (χ3n) is 6.33. The highest BCUT2D eigenvalue weighted by molar-refractivity contribution is 6.31. The number of ether oxygens (including phenoxy) is 2. The molecule has 2 aromatic carbocycles. The van der Waals surface area contributed by atoms with E-state index < -0.39 is 5.97 Å². The average Bonchev–Trinajstić information content (AvgIpc) is 3.16. The first-order chi connectivity index (χ1) is 16.8. The maximum absolute atomic E-state index is 13.8. The van der Waals surface area contributed by atoms with E-state index in [1.54, 1.807) is 31.2 Å². The topological polar surface area (TPSA) is 60.8 Å². The van der Waals surface area contributed by atoms with Gasteiger partial charge in [0.1, 0.15) is 12.4 Å². The van der Waals surface area contributed by atoms with Gasteiger partial charge in [0.15, 0.2) is 0 Å². The van der Waals surface area contributed by atoms with Gasteiger partial charge in [-0.1, -0.05) is 36.4 Å².